The number of benzene rings is 2. The third-order valence-electron chi connectivity index (χ3n) is 7.08. The van der Waals surface area contributed by atoms with Crippen molar-refractivity contribution in [2.24, 2.45) is 23.5 Å². The second-order valence-corrected chi connectivity index (χ2v) is 11.3. The molecule has 0 radical (unpaired) electrons. The molecular weight excluding hydrogens is 448 g/mol. The summed E-state index contributed by atoms with van der Waals surface area (Å²) in [5.74, 6) is 3.46. The Morgan fingerprint density at radius 2 is 1.68 bits per heavy atom. The number of sulfone groups is 1. The number of nitrogens with zero attached hydrogens (tertiary/aromatic N) is 3. The van der Waals surface area contributed by atoms with E-state index in [0.29, 0.717) is 35.8 Å². The fourth-order valence-electron chi connectivity index (χ4n) is 4.89. The summed E-state index contributed by atoms with van der Waals surface area (Å²) in [6.45, 7) is 5.14. The van der Waals surface area contributed by atoms with Gasteiger partial charge in [0.25, 0.3) is 0 Å². The van der Waals surface area contributed by atoms with Crippen molar-refractivity contribution in [1.29, 1.82) is 0 Å². The molecule has 2 N–H and O–H groups in total. The number of aromatic nitrogens is 2. The minimum atomic E-state index is -3.21. The van der Waals surface area contributed by atoms with Crippen molar-refractivity contribution in [2.75, 3.05) is 30.9 Å². The predicted molar refractivity (Wildman–Crippen MR) is 132 cm³/mol. The van der Waals surface area contributed by atoms with Gasteiger partial charge in [0.15, 0.2) is 9.84 Å². The molecule has 8 heteroatoms. The number of hydrogen-bond donors (Lipinski definition) is 1. The van der Waals surface area contributed by atoms with Gasteiger partial charge in [0, 0.05) is 49.8 Å². The van der Waals surface area contributed by atoms with E-state index in [9.17, 15) is 8.42 Å². The lowest BCUT2D eigenvalue weighted by Crippen LogP contribution is -2.27. The normalized spacial score (nSPS) is 21.4. The van der Waals surface area contributed by atoms with E-state index in [-0.39, 0.29) is 0 Å². The SMILES string of the molecule is CCc1cnc(N2CC3[C@@H](COc4ccc(-c5ccc(S(C)(=O)=O)cc5)cc4CN)[C@@H]3C2)nc1. The number of hydrogen-bond acceptors (Lipinski definition) is 7. The van der Waals surface area contributed by atoms with Gasteiger partial charge < -0.3 is 15.4 Å². The highest BCUT2D eigenvalue weighted by Crippen LogP contribution is 2.52. The molecule has 34 heavy (non-hydrogen) atoms. The molecule has 7 nitrogen and oxygen atoms in total. The van der Waals surface area contributed by atoms with Crippen LogP contribution in [-0.4, -0.2) is 44.3 Å². The van der Waals surface area contributed by atoms with E-state index in [1.165, 1.54) is 6.26 Å². The smallest absolute Gasteiger partial charge is 0.225 e. The van der Waals surface area contributed by atoms with Crippen LogP contribution in [0.1, 0.15) is 18.1 Å². The minimum Gasteiger partial charge on any atom is -0.493 e. The van der Waals surface area contributed by atoms with Gasteiger partial charge >= 0.3 is 0 Å². The van der Waals surface area contributed by atoms with E-state index < -0.39 is 9.84 Å². The van der Waals surface area contributed by atoms with Crippen molar-refractivity contribution in [1.82, 2.24) is 9.97 Å². The van der Waals surface area contributed by atoms with Crippen LogP contribution < -0.4 is 15.4 Å². The zero-order valence-corrected chi connectivity index (χ0v) is 20.3. The van der Waals surface area contributed by atoms with Crippen LogP contribution >= 0.6 is 0 Å². The summed E-state index contributed by atoms with van der Waals surface area (Å²) in [5, 5.41) is 0. The number of rotatable bonds is 8. The zero-order chi connectivity index (χ0) is 23.9. The molecule has 2 heterocycles. The van der Waals surface area contributed by atoms with E-state index >= 15 is 0 Å². The molecule has 1 unspecified atom stereocenters. The van der Waals surface area contributed by atoms with Gasteiger partial charge in [-0.1, -0.05) is 25.1 Å². The van der Waals surface area contributed by atoms with Gasteiger partial charge in [0.05, 0.1) is 11.5 Å². The molecule has 0 spiro atoms. The van der Waals surface area contributed by atoms with Crippen LogP contribution in [0, 0.1) is 17.8 Å². The summed E-state index contributed by atoms with van der Waals surface area (Å²) in [7, 11) is -3.21. The monoisotopic (exact) mass is 478 g/mol. The van der Waals surface area contributed by atoms with Crippen molar-refractivity contribution >= 4 is 15.8 Å². The van der Waals surface area contributed by atoms with E-state index in [1.54, 1.807) is 12.1 Å². The second-order valence-electron chi connectivity index (χ2n) is 9.28. The third kappa shape index (κ3) is 4.52. The fourth-order valence-corrected chi connectivity index (χ4v) is 5.52. The first kappa shape index (κ1) is 22.8. The van der Waals surface area contributed by atoms with Crippen LogP contribution in [-0.2, 0) is 22.8 Å². The summed E-state index contributed by atoms with van der Waals surface area (Å²) in [5.41, 5.74) is 10.1. The van der Waals surface area contributed by atoms with Crippen molar-refractivity contribution < 1.29 is 13.2 Å². The zero-order valence-electron chi connectivity index (χ0n) is 19.5. The van der Waals surface area contributed by atoms with Crippen LogP contribution in [0.2, 0.25) is 0 Å². The molecule has 2 fully saturated rings. The summed E-state index contributed by atoms with van der Waals surface area (Å²) in [6, 6.07) is 12.9. The quantitative estimate of drug-likeness (QED) is 0.530. The van der Waals surface area contributed by atoms with E-state index in [2.05, 4.69) is 21.8 Å². The first-order chi connectivity index (χ1) is 16.4. The van der Waals surface area contributed by atoms with Crippen LogP contribution in [0.15, 0.2) is 59.8 Å². The van der Waals surface area contributed by atoms with Crippen molar-refractivity contribution in [3.8, 4) is 16.9 Å². The summed E-state index contributed by atoms with van der Waals surface area (Å²) in [6.07, 6.45) is 6.01. The average Bonchev–Trinajstić information content (AvgIpc) is 3.30. The number of aryl methyl sites for hydroxylation is 1. The molecule has 0 amide bonds. The van der Waals surface area contributed by atoms with Gasteiger partial charge in [0.1, 0.15) is 5.75 Å². The molecule has 2 aromatic carbocycles. The van der Waals surface area contributed by atoms with E-state index in [0.717, 1.165) is 53.5 Å². The molecule has 1 aliphatic heterocycles. The Balaban J connectivity index is 1.19. The van der Waals surface area contributed by atoms with Crippen molar-refractivity contribution in [3.05, 3.63) is 66.0 Å². The van der Waals surface area contributed by atoms with Gasteiger partial charge in [0.2, 0.25) is 5.95 Å². The summed E-state index contributed by atoms with van der Waals surface area (Å²) >= 11 is 0. The highest BCUT2D eigenvalue weighted by Gasteiger charge is 2.56. The number of piperidine rings is 1. The van der Waals surface area contributed by atoms with Crippen molar-refractivity contribution in [2.45, 2.75) is 24.8 Å². The summed E-state index contributed by atoms with van der Waals surface area (Å²) in [4.78, 5) is 11.6. The lowest BCUT2D eigenvalue weighted by molar-refractivity contribution is 0.280. The molecule has 1 saturated heterocycles. The van der Waals surface area contributed by atoms with Gasteiger partial charge in [-0.05, 0) is 59.2 Å². The van der Waals surface area contributed by atoms with Gasteiger partial charge in [-0.3, -0.25) is 0 Å². The first-order valence-corrected chi connectivity index (χ1v) is 13.6. The van der Waals surface area contributed by atoms with Crippen molar-refractivity contribution in [3.63, 3.8) is 0 Å². The maximum Gasteiger partial charge on any atom is 0.225 e. The molecule has 1 aromatic heterocycles. The van der Waals surface area contributed by atoms with E-state index in [4.69, 9.17) is 10.5 Å². The molecule has 5 rings (SSSR count). The Labute approximate surface area is 200 Å². The van der Waals surface area contributed by atoms with Crippen LogP contribution in [0.25, 0.3) is 11.1 Å². The summed E-state index contributed by atoms with van der Waals surface area (Å²) < 4.78 is 29.6. The Morgan fingerprint density at radius 1 is 1.03 bits per heavy atom. The molecule has 3 aromatic rings. The standard InChI is InChI=1S/C26H30N4O3S/c1-3-17-12-28-26(29-13-17)30-14-22-23(15-30)24(22)16-33-25-9-6-19(10-20(25)11-27)18-4-7-21(8-5-18)34(2,31)32/h4-10,12-13,22-24H,3,11,14-16,27H2,1-2H3/t22-,23?,24+/m1/s1. The highest BCUT2D eigenvalue weighted by atomic mass is 32.2. The largest absolute Gasteiger partial charge is 0.493 e. The maximum absolute atomic E-state index is 11.7. The molecular formula is C26H30N4O3S. The predicted octanol–water partition coefficient (Wildman–Crippen LogP) is 3.33. The Hall–Kier alpha value is -2.97. The lowest BCUT2D eigenvalue weighted by atomic mass is 10.0. The molecule has 3 atom stereocenters. The average molecular weight is 479 g/mol. The number of ether oxygens (including phenoxy) is 1. The van der Waals surface area contributed by atoms with Crippen LogP contribution in [0.3, 0.4) is 0 Å². The van der Waals surface area contributed by atoms with Crippen LogP contribution in [0.5, 0.6) is 5.75 Å². The fraction of sp³-hybridized carbons (Fsp3) is 0.385. The minimum absolute atomic E-state index is 0.313. The Bertz CT molecular complexity index is 1260. The molecule has 2 aliphatic rings. The number of fused-ring (bicyclic) bond motifs is 1. The maximum atomic E-state index is 11.7. The molecule has 0 bridgehead atoms. The third-order valence-corrected chi connectivity index (χ3v) is 8.21. The number of anilines is 1. The Kier molecular flexibility index (Phi) is 6.04. The molecule has 1 aliphatic carbocycles. The van der Waals surface area contributed by atoms with E-state index in [1.807, 2.05) is 42.7 Å². The van der Waals surface area contributed by atoms with Crippen LogP contribution in [0.4, 0.5) is 5.95 Å². The Morgan fingerprint density at radius 3 is 2.26 bits per heavy atom. The van der Waals surface area contributed by atoms with Gasteiger partial charge in [-0.15, -0.1) is 0 Å². The highest BCUT2D eigenvalue weighted by molar-refractivity contribution is 7.90. The van der Waals surface area contributed by atoms with Gasteiger partial charge in [-0.2, -0.15) is 0 Å². The van der Waals surface area contributed by atoms with Gasteiger partial charge in [-0.25, -0.2) is 18.4 Å². The number of nitrogens with two attached hydrogens (primary N) is 1. The topological polar surface area (TPSA) is 98.4 Å². The molecule has 178 valence electrons. The lowest BCUT2D eigenvalue weighted by Gasteiger charge is -2.20. The molecule has 1 saturated carbocycles. The first-order valence-electron chi connectivity index (χ1n) is 11.7. The second kappa shape index (κ2) is 9.00.